The van der Waals surface area contributed by atoms with Gasteiger partial charge in [-0.2, -0.15) is 0 Å². The maximum Gasteiger partial charge on any atom is 0.261 e. The van der Waals surface area contributed by atoms with Gasteiger partial charge in [-0.1, -0.05) is 6.08 Å². The second-order valence-electron chi connectivity index (χ2n) is 6.69. The topological polar surface area (TPSA) is 103 Å². The van der Waals surface area contributed by atoms with Crippen molar-refractivity contribution in [3.63, 3.8) is 0 Å². The van der Waals surface area contributed by atoms with E-state index in [0.29, 0.717) is 5.69 Å². The maximum absolute atomic E-state index is 13.6. The van der Waals surface area contributed by atoms with E-state index in [9.17, 15) is 27.0 Å². The molecule has 3 rings (SSSR count). The minimum Gasteiger partial charge on any atom is -0.348 e. The predicted molar refractivity (Wildman–Crippen MR) is 101 cm³/mol. The summed E-state index contributed by atoms with van der Waals surface area (Å²) in [7, 11) is -3.32. The maximum atomic E-state index is 13.6. The Morgan fingerprint density at radius 1 is 1.31 bits per heavy atom. The number of aromatic nitrogens is 1. The molecule has 1 atom stereocenters. The SMILES string of the molecule is N=S(=O)(/C=C/CNC(=O)c1cc2c([nH]c1=O)CCC(F)(F)C2)c1ccc(F)cc1. The van der Waals surface area contributed by atoms with Gasteiger partial charge in [0.25, 0.3) is 17.4 Å². The molecular formula is C19H18F3N3O3S. The van der Waals surface area contributed by atoms with E-state index in [-0.39, 0.29) is 35.4 Å². The lowest BCUT2D eigenvalue weighted by Gasteiger charge is -2.24. The van der Waals surface area contributed by atoms with E-state index < -0.39 is 39.4 Å². The normalized spacial score (nSPS) is 17.5. The van der Waals surface area contributed by atoms with Crippen molar-refractivity contribution in [2.75, 3.05) is 6.54 Å². The van der Waals surface area contributed by atoms with E-state index in [4.69, 9.17) is 4.78 Å². The zero-order chi connectivity index (χ0) is 21.2. The molecule has 0 fully saturated rings. The number of halogens is 3. The molecule has 1 heterocycles. The van der Waals surface area contributed by atoms with E-state index >= 15 is 0 Å². The number of fused-ring (bicyclic) bond motifs is 1. The summed E-state index contributed by atoms with van der Waals surface area (Å²) in [5, 5.41) is 3.47. The van der Waals surface area contributed by atoms with E-state index in [0.717, 1.165) is 17.5 Å². The van der Waals surface area contributed by atoms with Crippen LogP contribution in [0.1, 0.15) is 28.0 Å². The minimum atomic E-state index is -3.32. The van der Waals surface area contributed by atoms with Crippen LogP contribution in [-0.4, -0.2) is 27.6 Å². The Balaban J connectivity index is 1.67. The first-order valence-electron chi connectivity index (χ1n) is 8.69. The van der Waals surface area contributed by atoms with Crippen LogP contribution >= 0.6 is 0 Å². The lowest BCUT2D eigenvalue weighted by molar-refractivity contribution is -0.0128. The summed E-state index contributed by atoms with van der Waals surface area (Å²) in [6.07, 6.45) is 0.408. The number of pyridine rings is 1. The standard InChI is InChI=1S/C19H18F3N3O3S/c20-13-2-4-14(5-3-13)29(23,28)9-1-8-24-17(26)15-10-12-11-19(21,22)7-6-16(12)25-18(15)27/h1-5,9-10,23H,6-8,11H2,(H,24,26)(H,25,27)/b9-1+. The average molecular weight is 425 g/mol. The van der Waals surface area contributed by atoms with E-state index in [2.05, 4.69) is 10.3 Å². The van der Waals surface area contributed by atoms with Crippen molar-refractivity contribution in [3.8, 4) is 0 Å². The molecule has 2 aromatic rings. The van der Waals surface area contributed by atoms with E-state index in [1.807, 2.05) is 0 Å². The molecule has 1 aromatic carbocycles. The molecule has 0 spiro atoms. The molecule has 29 heavy (non-hydrogen) atoms. The number of benzene rings is 1. The Morgan fingerprint density at radius 3 is 2.69 bits per heavy atom. The minimum absolute atomic E-state index is 0.0312. The Labute approximate surface area is 164 Å². The zero-order valence-electron chi connectivity index (χ0n) is 15.1. The highest BCUT2D eigenvalue weighted by molar-refractivity contribution is 7.95. The van der Waals surface area contributed by atoms with Crippen molar-refractivity contribution in [1.29, 1.82) is 4.78 Å². The van der Waals surface area contributed by atoms with Crippen molar-refractivity contribution in [3.05, 3.63) is 74.8 Å². The first-order valence-corrected chi connectivity index (χ1v) is 10.3. The van der Waals surface area contributed by atoms with Gasteiger partial charge in [0.1, 0.15) is 11.4 Å². The lowest BCUT2D eigenvalue weighted by Crippen LogP contribution is -2.33. The van der Waals surface area contributed by atoms with Crippen LogP contribution in [0.5, 0.6) is 0 Å². The van der Waals surface area contributed by atoms with Gasteiger partial charge in [0.05, 0.1) is 14.6 Å². The predicted octanol–water partition coefficient (Wildman–Crippen LogP) is 2.99. The number of aryl methyl sites for hydroxylation is 1. The summed E-state index contributed by atoms with van der Waals surface area (Å²) in [5.41, 5.74) is -0.330. The van der Waals surface area contributed by atoms with Gasteiger partial charge in [0.2, 0.25) is 0 Å². The van der Waals surface area contributed by atoms with Crippen LogP contribution in [0.2, 0.25) is 0 Å². The molecule has 1 unspecified atom stereocenters. The fourth-order valence-electron chi connectivity index (χ4n) is 2.98. The highest BCUT2D eigenvalue weighted by Gasteiger charge is 2.35. The summed E-state index contributed by atoms with van der Waals surface area (Å²) in [6.45, 7) is -0.136. The quantitative estimate of drug-likeness (QED) is 0.686. The largest absolute Gasteiger partial charge is 0.348 e. The highest BCUT2D eigenvalue weighted by atomic mass is 32.2. The smallest absolute Gasteiger partial charge is 0.261 e. The molecule has 0 bridgehead atoms. The van der Waals surface area contributed by atoms with Crippen molar-refractivity contribution in [2.45, 2.75) is 30.1 Å². The third-order valence-electron chi connectivity index (χ3n) is 4.48. The van der Waals surface area contributed by atoms with Crippen LogP contribution in [-0.2, 0) is 22.6 Å². The van der Waals surface area contributed by atoms with Gasteiger partial charge in [-0.15, -0.1) is 0 Å². The molecule has 0 radical (unpaired) electrons. The van der Waals surface area contributed by atoms with Crippen molar-refractivity contribution < 1.29 is 22.2 Å². The third kappa shape index (κ3) is 4.94. The third-order valence-corrected chi connectivity index (χ3v) is 6.03. The molecule has 1 aliphatic rings. The van der Waals surface area contributed by atoms with E-state index in [1.165, 1.54) is 24.3 Å². The summed E-state index contributed by atoms with van der Waals surface area (Å²) in [5.74, 6) is -4.17. The van der Waals surface area contributed by atoms with Crippen LogP contribution in [0, 0.1) is 10.6 Å². The number of hydrogen-bond acceptors (Lipinski definition) is 4. The van der Waals surface area contributed by atoms with Crippen LogP contribution in [0.15, 0.2) is 51.5 Å². The van der Waals surface area contributed by atoms with Gasteiger partial charge in [-0.3, -0.25) is 9.59 Å². The first kappa shape index (κ1) is 20.8. The van der Waals surface area contributed by atoms with Crippen molar-refractivity contribution in [2.24, 2.45) is 0 Å². The summed E-state index contributed by atoms with van der Waals surface area (Å²) < 4.78 is 60.2. The van der Waals surface area contributed by atoms with Gasteiger partial charge >= 0.3 is 0 Å². The molecule has 3 N–H and O–H groups in total. The van der Waals surface area contributed by atoms with Gasteiger partial charge in [0, 0.05) is 30.5 Å². The number of alkyl halides is 2. The molecule has 0 saturated carbocycles. The number of nitrogens with one attached hydrogen (secondary N) is 3. The van der Waals surface area contributed by atoms with Gasteiger partial charge in [-0.05, 0) is 42.3 Å². The number of H-pyrrole nitrogens is 1. The van der Waals surface area contributed by atoms with Gasteiger partial charge < -0.3 is 10.3 Å². The number of hydrogen-bond donors (Lipinski definition) is 3. The number of rotatable bonds is 5. The van der Waals surface area contributed by atoms with Crippen LogP contribution in [0.25, 0.3) is 0 Å². The van der Waals surface area contributed by atoms with Crippen LogP contribution in [0.3, 0.4) is 0 Å². The monoisotopic (exact) mass is 425 g/mol. The lowest BCUT2D eigenvalue weighted by atomic mass is 9.92. The first-order chi connectivity index (χ1) is 13.6. The Bertz CT molecular complexity index is 1120. The second kappa shape index (κ2) is 7.86. The Hall–Kier alpha value is -2.88. The number of amides is 1. The highest BCUT2D eigenvalue weighted by Crippen LogP contribution is 2.31. The Kier molecular flexibility index (Phi) is 5.65. The molecule has 154 valence electrons. The fraction of sp³-hybridized carbons (Fsp3) is 0.263. The molecule has 0 saturated heterocycles. The molecule has 6 nitrogen and oxygen atoms in total. The number of carbonyl (C=O) groups excluding carboxylic acids is 1. The number of aromatic amines is 1. The average Bonchev–Trinajstić information content (AvgIpc) is 2.65. The van der Waals surface area contributed by atoms with Crippen LogP contribution < -0.4 is 10.9 Å². The Morgan fingerprint density at radius 2 is 2.00 bits per heavy atom. The van der Waals surface area contributed by atoms with E-state index in [1.54, 1.807) is 0 Å². The van der Waals surface area contributed by atoms with Gasteiger partial charge in [0.15, 0.2) is 0 Å². The fourth-order valence-corrected chi connectivity index (χ4v) is 4.05. The molecule has 10 heteroatoms. The van der Waals surface area contributed by atoms with Crippen molar-refractivity contribution >= 4 is 15.6 Å². The molecule has 0 aliphatic heterocycles. The molecular weight excluding hydrogens is 407 g/mol. The molecule has 1 aromatic heterocycles. The second-order valence-corrected chi connectivity index (χ2v) is 8.63. The van der Waals surface area contributed by atoms with Gasteiger partial charge in [-0.25, -0.2) is 22.2 Å². The number of carbonyl (C=O) groups is 1. The molecule has 1 aliphatic carbocycles. The molecule has 1 amide bonds. The summed E-state index contributed by atoms with van der Waals surface area (Å²) >= 11 is 0. The van der Waals surface area contributed by atoms with Crippen LogP contribution in [0.4, 0.5) is 13.2 Å². The summed E-state index contributed by atoms with van der Waals surface area (Å²) in [6, 6.07) is 5.81. The zero-order valence-corrected chi connectivity index (χ0v) is 16.0. The van der Waals surface area contributed by atoms with Crippen molar-refractivity contribution in [1.82, 2.24) is 10.3 Å². The summed E-state index contributed by atoms with van der Waals surface area (Å²) in [4.78, 5) is 26.9.